The zero-order chi connectivity index (χ0) is 26.1. The molecule has 2 heterocycles. The van der Waals surface area contributed by atoms with Gasteiger partial charge < -0.3 is 15.2 Å². The number of aromatic carboxylic acids is 1. The topological polar surface area (TPSA) is 91.8 Å². The number of urea groups is 1. The van der Waals surface area contributed by atoms with E-state index in [1.807, 2.05) is 25.1 Å². The summed E-state index contributed by atoms with van der Waals surface area (Å²) in [6.45, 7) is 6.99. The molecule has 1 aromatic heterocycles. The van der Waals surface area contributed by atoms with E-state index < -0.39 is 11.5 Å². The number of pyridine rings is 1. The Hall–Kier alpha value is -3.16. The van der Waals surface area contributed by atoms with E-state index in [4.69, 9.17) is 21.4 Å². The highest BCUT2D eigenvalue weighted by Gasteiger charge is 2.39. The van der Waals surface area contributed by atoms with Crippen molar-refractivity contribution in [2.45, 2.75) is 52.0 Å². The molecule has 0 spiro atoms. The van der Waals surface area contributed by atoms with Gasteiger partial charge in [0.2, 0.25) is 0 Å². The van der Waals surface area contributed by atoms with Crippen LogP contribution in [-0.4, -0.2) is 35.8 Å². The van der Waals surface area contributed by atoms with Gasteiger partial charge in [-0.3, -0.25) is 4.90 Å². The Kier molecular flexibility index (Phi) is 7.25. The molecule has 0 unspecified atom stereocenters. The van der Waals surface area contributed by atoms with Crippen molar-refractivity contribution in [3.8, 4) is 0 Å². The Labute approximate surface area is 216 Å². The van der Waals surface area contributed by atoms with Crippen LogP contribution < -0.4 is 10.2 Å². The molecule has 2 N–H and O–H groups in total. The van der Waals surface area contributed by atoms with E-state index in [1.54, 1.807) is 13.3 Å². The summed E-state index contributed by atoms with van der Waals surface area (Å²) in [4.78, 5) is 30.0. The lowest BCUT2D eigenvalue weighted by atomic mass is 9.76. The lowest BCUT2D eigenvalue weighted by Crippen LogP contribution is -2.54. The number of rotatable bonds is 7. The molecule has 8 heteroatoms. The third-order valence-corrected chi connectivity index (χ3v) is 7.50. The number of carboxylic acid groups (broad SMARTS) is 1. The third kappa shape index (κ3) is 5.18. The highest BCUT2D eigenvalue weighted by molar-refractivity contribution is 6.32. The molecular weight excluding hydrogens is 478 g/mol. The Morgan fingerprint density at radius 2 is 2.03 bits per heavy atom. The summed E-state index contributed by atoms with van der Waals surface area (Å²) >= 11 is 6.80. The number of allylic oxidation sites excluding steroid dienone is 2. The van der Waals surface area contributed by atoms with Crippen LogP contribution in [0, 0.1) is 5.41 Å². The highest BCUT2D eigenvalue weighted by atomic mass is 35.5. The summed E-state index contributed by atoms with van der Waals surface area (Å²) in [5.74, 6) is -0.746. The molecule has 7 nitrogen and oxygen atoms in total. The molecule has 2 aliphatic rings. The fraction of sp³-hybridized carbons (Fsp3) is 0.393. The van der Waals surface area contributed by atoms with Gasteiger partial charge in [-0.25, -0.2) is 14.6 Å². The van der Waals surface area contributed by atoms with Crippen LogP contribution in [0.15, 0.2) is 54.4 Å². The molecule has 4 rings (SSSR count). The largest absolute Gasteiger partial charge is 0.478 e. The molecule has 2 aromatic rings. The summed E-state index contributed by atoms with van der Waals surface area (Å²) in [5, 5.41) is 12.9. The van der Waals surface area contributed by atoms with E-state index in [2.05, 4.69) is 30.2 Å². The van der Waals surface area contributed by atoms with Gasteiger partial charge in [0.25, 0.3) is 0 Å². The molecule has 0 saturated heterocycles. The molecule has 190 valence electrons. The number of aromatic nitrogens is 1. The van der Waals surface area contributed by atoms with Crippen molar-refractivity contribution in [2.24, 2.45) is 5.41 Å². The summed E-state index contributed by atoms with van der Waals surface area (Å²) in [6, 6.07) is 8.58. The van der Waals surface area contributed by atoms with Crippen molar-refractivity contribution in [2.75, 3.05) is 18.6 Å². The van der Waals surface area contributed by atoms with Crippen molar-refractivity contribution >= 4 is 35.0 Å². The van der Waals surface area contributed by atoms with Crippen molar-refractivity contribution in [1.82, 2.24) is 10.3 Å². The Balaban J connectivity index is 1.69. The van der Waals surface area contributed by atoms with Gasteiger partial charge in [0, 0.05) is 24.5 Å². The van der Waals surface area contributed by atoms with E-state index in [0.29, 0.717) is 29.3 Å². The third-order valence-electron chi connectivity index (χ3n) is 7.18. The monoisotopic (exact) mass is 509 g/mol. The lowest BCUT2D eigenvalue weighted by Gasteiger charge is -2.40. The van der Waals surface area contributed by atoms with Crippen LogP contribution in [0.3, 0.4) is 0 Å². The smallest absolute Gasteiger partial charge is 0.337 e. The van der Waals surface area contributed by atoms with Gasteiger partial charge in [-0.05, 0) is 78.5 Å². The Morgan fingerprint density at radius 3 is 2.61 bits per heavy atom. The predicted octanol–water partition coefficient (Wildman–Crippen LogP) is 6.39. The van der Waals surface area contributed by atoms with Gasteiger partial charge >= 0.3 is 12.0 Å². The second-order valence-electron chi connectivity index (χ2n) is 10.3. The number of carbonyl (C=O) groups is 2. The van der Waals surface area contributed by atoms with Crippen LogP contribution in [-0.2, 0) is 10.3 Å². The number of benzene rings is 1. The highest BCUT2D eigenvalue weighted by Crippen LogP contribution is 2.42. The van der Waals surface area contributed by atoms with Crippen molar-refractivity contribution in [3.63, 3.8) is 0 Å². The quantitative estimate of drug-likeness (QED) is 0.451. The zero-order valence-electron chi connectivity index (χ0n) is 21.1. The normalized spacial score (nSPS) is 21.5. The molecule has 2 amide bonds. The molecule has 1 aromatic carbocycles. The molecule has 0 radical (unpaired) electrons. The van der Waals surface area contributed by atoms with E-state index in [1.165, 1.54) is 28.8 Å². The number of methoxy groups -OCH3 is 1. The number of amides is 2. The van der Waals surface area contributed by atoms with Crippen LogP contribution in [0.1, 0.15) is 67.9 Å². The van der Waals surface area contributed by atoms with E-state index >= 15 is 0 Å². The van der Waals surface area contributed by atoms with Crippen LogP contribution >= 0.6 is 11.6 Å². The van der Waals surface area contributed by atoms with E-state index in [-0.39, 0.29) is 11.6 Å². The van der Waals surface area contributed by atoms with E-state index in [9.17, 15) is 9.59 Å². The van der Waals surface area contributed by atoms with Crippen molar-refractivity contribution in [3.05, 3.63) is 76.1 Å². The first-order valence-electron chi connectivity index (χ1n) is 12.0. The number of nitrogens with zero attached hydrogens (tertiary/aromatic N) is 2. The second-order valence-corrected chi connectivity index (χ2v) is 10.7. The van der Waals surface area contributed by atoms with Gasteiger partial charge in [-0.1, -0.05) is 43.7 Å². The molecule has 1 aliphatic heterocycles. The predicted molar refractivity (Wildman–Crippen MR) is 141 cm³/mol. The van der Waals surface area contributed by atoms with Crippen LogP contribution in [0.2, 0.25) is 5.02 Å². The second kappa shape index (κ2) is 10.1. The maximum atomic E-state index is 13.2. The number of carbonyl (C=O) groups excluding carboxylic acids is 1. The maximum Gasteiger partial charge on any atom is 0.337 e. The number of nitrogens with one attached hydrogen (secondary N) is 1. The molecule has 0 bridgehead atoms. The molecule has 36 heavy (non-hydrogen) atoms. The molecular formula is C28H32ClN3O4. The number of halogens is 1. The number of hydrogen-bond acceptors (Lipinski definition) is 4. The molecule has 1 atom stereocenters. The SMILES string of the molecule is COCCC1=CN(c2ccc(C(=O)O)cn2)C(=O)N[C@@]1(C)c1ccc(C2=CCC(C)(C)CC2)c(Cl)c1. The van der Waals surface area contributed by atoms with Gasteiger partial charge in [-0.2, -0.15) is 0 Å². The Morgan fingerprint density at radius 1 is 1.25 bits per heavy atom. The molecule has 0 saturated carbocycles. The van der Waals surface area contributed by atoms with Crippen LogP contribution in [0.25, 0.3) is 5.57 Å². The van der Waals surface area contributed by atoms with Gasteiger partial charge in [0.1, 0.15) is 5.82 Å². The van der Waals surface area contributed by atoms with Crippen molar-refractivity contribution in [1.29, 1.82) is 0 Å². The minimum absolute atomic E-state index is 0.0518. The van der Waals surface area contributed by atoms with Gasteiger partial charge in [0.05, 0.1) is 17.7 Å². The summed E-state index contributed by atoms with van der Waals surface area (Å²) in [7, 11) is 1.63. The van der Waals surface area contributed by atoms with Crippen LogP contribution in [0.4, 0.5) is 10.6 Å². The first kappa shape index (κ1) is 25.9. The maximum absolute atomic E-state index is 13.2. The molecule has 0 fully saturated rings. The fourth-order valence-electron chi connectivity index (χ4n) is 4.72. The number of hydrogen-bond donors (Lipinski definition) is 2. The number of ether oxygens (including phenoxy) is 1. The first-order valence-corrected chi connectivity index (χ1v) is 12.4. The van der Waals surface area contributed by atoms with Gasteiger partial charge in [-0.15, -0.1) is 0 Å². The van der Waals surface area contributed by atoms with E-state index in [0.717, 1.165) is 36.0 Å². The molecule has 1 aliphatic carbocycles. The Bertz CT molecular complexity index is 1240. The average molecular weight is 510 g/mol. The van der Waals surface area contributed by atoms with Crippen LogP contribution in [0.5, 0.6) is 0 Å². The first-order chi connectivity index (χ1) is 17.0. The minimum Gasteiger partial charge on any atom is -0.478 e. The zero-order valence-corrected chi connectivity index (χ0v) is 21.9. The van der Waals surface area contributed by atoms with Gasteiger partial charge in [0.15, 0.2) is 0 Å². The summed E-state index contributed by atoms with van der Waals surface area (Å²) in [6.07, 6.45) is 8.98. The summed E-state index contributed by atoms with van der Waals surface area (Å²) < 4.78 is 5.34. The summed E-state index contributed by atoms with van der Waals surface area (Å²) in [5.41, 5.74) is 3.64. The average Bonchev–Trinajstić information content (AvgIpc) is 2.84. The fourth-order valence-corrected chi connectivity index (χ4v) is 5.02. The number of anilines is 1. The minimum atomic E-state index is -1.07. The standard InChI is InChI=1S/C28H32ClN3O4/c1-27(2)12-9-18(10-13-27)22-7-6-20(15-23(22)29)28(3)21(11-14-36-4)17-32(26(35)31-28)24-8-5-19(16-30-24)25(33)34/h5-9,15-17H,10-14H2,1-4H3,(H,31,35)(H,33,34)/t28-/m0/s1. The number of carboxylic acids is 1. The lowest BCUT2D eigenvalue weighted by molar-refractivity contribution is 0.0696. The van der Waals surface area contributed by atoms with Crippen molar-refractivity contribution < 1.29 is 19.4 Å².